The minimum absolute atomic E-state index is 0.382. The molecule has 0 aromatic heterocycles. The number of ether oxygens (including phenoxy) is 2. The predicted molar refractivity (Wildman–Crippen MR) is 109 cm³/mol. The number of allylic oxidation sites excluding steroid dienone is 1. The molecule has 1 fully saturated rings. The average molecular weight is 353 g/mol. The maximum atomic E-state index is 5.57. The third-order valence-corrected chi connectivity index (χ3v) is 5.40. The lowest BCUT2D eigenvalue weighted by Crippen LogP contribution is -2.01. The third kappa shape index (κ3) is 14.5. The van der Waals surface area contributed by atoms with Crippen LogP contribution in [0, 0.1) is 17.8 Å². The summed E-state index contributed by atoms with van der Waals surface area (Å²) in [6.45, 7) is 14.2. The molecule has 0 saturated carbocycles. The van der Waals surface area contributed by atoms with Crippen molar-refractivity contribution in [1.29, 1.82) is 0 Å². The first kappa shape index (κ1) is 22.7. The molecule has 0 aliphatic carbocycles. The first-order valence-corrected chi connectivity index (χ1v) is 10.8. The van der Waals surface area contributed by atoms with E-state index < -0.39 is 0 Å². The summed E-state index contributed by atoms with van der Waals surface area (Å²) in [4.78, 5) is 0. The highest BCUT2D eigenvalue weighted by molar-refractivity contribution is 4.97. The van der Waals surface area contributed by atoms with Crippen LogP contribution in [-0.2, 0) is 9.47 Å². The standard InChI is InChI=1S/C23H44O2/c1-19(2)9-6-10-20(3)11-7-12-21(4)13-8-14-22(5)15-16-24-17-23-18-25-23/h15,19-21,23H,6-14,16-18H2,1-5H3. The van der Waals surface area contributed by atoms with Crippen molar-refractivity contribution in [1.82, 2.24) is 0 Å². The summed E-state index contributed by atoms with van der Waals surface area (Å²) >= 11 is 0. The van der Waals surface area contributed by atoms with Crippen molar-refractivity contribution in [2.24, 2.45) is 17.8 Å². The van der Waals surface area contributed by atoms with Crippen LogP contribution in [0.4, 0.5) is 0 Å². The molecule has 3 atom stereocenters. The Balaban J connectivity index is 1.93. The summed E-state index contributed by atoms with van der Waals surface area (Å²) in [5.74, 6) is 2.65. The first-order valence-electron chi connectivity index (χ1n) is 10.8. The SMILES string of the molecule is CC(=CCOCC1CO1)CCCC(C)CCCC(C)CCCC(C)C. The van der Waals surface area contributed by atoms with E-state index >= 15 is 0 Å². The van der Waals surface area contributed by atoms with Gasteiger partial charge in [0.25, 0.3) is 0 Å². The summed E-state index contributed by atoms with van der Waals surface area (Å²) in [7, 11) is 0. The molecular formula is C23H44O2. The molecule has 0 N–H and O–H groups in total. The zero-order valence-corrected chi connectivity index (χ0v) is 17.7. The fourth-order valence-corrected chi connectivity index (χ4v) is 3.37. The molecule has 2 heteroatoms. The molecule has 0 bridgehead atoms. The molecule has 1 rings (SSSR count). The van der Waals surface area contributed by atoms with Gasteiger partial charge in [0.1, 0.15) is 6.10 Å². The molecule has 1 heterocycles. The molecule has 2 nitrogen and oxygen atoms in total. The van der Waals surface area contributed by atoms with Crippen molar-refractivity contribution in [2.75, 3.05) is 19.8 Å². The van der Waals surface area contributed by atoms with Crippen molar-refractivity contribution >= 4 is 0 Å². The maximum absolute atomic E-state index is 5.57. The largest absolute Gasteiger partial charge is 0.375 e. The number of rotatable bonds is 16. The van der Waals surface area contributed by atoms with Crippen LogP contribution in [0.1, 0.15) is 92.4 Å². The topological polar surface area (TPSA) is 21.8 Å². The second-order valence-corrected chi connectivity index (χ2v) is 8.90. The normalized spacial score (nSPS) is 20.1. The molecule has 1 aliphatic rings. The Bertz CT molecular complexity index is 344. The Hall–Kier alpha value is -0.340. The Morgan fingerprint density at radius 3 is 2.08 bits per heavy atom. The van der Waals surface area contributed by atoms with E-state index in [1.807, 2.05) is 0 Å². The van der Waals surface area contributed by atoms with Gasteiger partial charge in [0, 0.05) is 0 Å². The van der Waals surface area contributed by atoms with Crippen LogP contribution in [-0.4, -0.2) is 25.9 Å². The van der Waals surface area contributed by atoms with Gasteiger partial charge in [0.15, 0.2) is 0 Å². The second kappa shape index (κ2) is 13.8. The minimum Gasteiger partial charge on any atom is -0.375 e. The van der Waals surface area contributed by atoms with Gasteiger partial charge in [0.2, 0.25) is 0 Å². The predicted octanol–water partition coefficient (Wildman–Crippen LogP) is 6.79. The average Bonchev–Trinajstić information content (AvgIpc) is 3.35. The molecule has 1 saturated heterocycles. The lowest BCUT2D eigenvalue weighted by atomic mass is 9.91. The molecule has 25 heavy (non-hydrogen) atoms. The molecule has 148 valence electrons. The zero-order valence-electron chi connectivity index (χ0n) is 17.7. The van der Waals surface area contributed by atoms with Crippen molar-refractivity contribution in [3.05, 3.63) is 11.6 Å². The van der Waals surface area contributed by atoms with Crippen LogP contribution in [0.5, 0.6) is 0 Å². The van der Waals surface area contributed by atoms with Crippen LogP contribution >= 0.6 is 0 Å². The van der Waals surface area contributed by atoms with Crippen LogP contribution in [0.3, 0.4) is 0 Å². The number of epoxide rings is 1. The van der Waals surface area contributed by atoms with Gasteiger partial charge in [0.05, 0.1) is 19.8 Å². The molecular weight excluding hydrogens is 308 g/mol. The number of hydrogen-bond acceptors (Lipinski definition) is 2. The van der Waals surface area contributed by atoms with Crippen LogP contribution in [0.15, 0.2) is 11.6 Å². The van der Waals surface area contributed by atoms with Crippen LogP contribution in [0.2, 0.25) is 0 Å². The van der Waals surface area contributed by atoms with Gasteiger partial charge in [-0.3, -0.25) is 0 Å². The molecule has 0 aromatic carbocycles. The Morgan fingerprint density at radius 2 is 1.52 bits per heavy atom. The fourth-order valence-electron chi connectivity index (χ4n) is 3.37. The summed E-state index contributed by atoms with van der Waals surface area (Å²) in [5.41, 5.74) is 1.47. The molecule has 0 radical (unpaired) electrons. The van der Waals surface area contributed by atoms with E-state index in [-0.39, 0.29) is 0 Å². The highest BCUT2D eigenvalue weighted by atomic mass is 16.6. The Kier molecular flexibility index (Phi) is 12.5. The van der Waals surface area contributed by atoms with Crippen molar-refractivity contribution < 1.29 is 9.47 Å². The maximum Gasteiger partial charge on any atom is 0.104 e. The summed E-state index contributed by atoms with van der Waals surface area (Å²) in [5, 5.41) is 0. The highest BCUT2D eigenvalue weighted by Crippen LogP contribution is 2.22. The van der Waals surface area contributed by atoms with E-state index in [1.54, 1.807) is 0 Å². The summed E-state index contributed by atoms with van der Waals surface area (Å²) in [6, 6.07) is 0. The minimum atomic E-state index is 0.382. The van der Waals surface area contributed by atoms with Gasteiger partial charge in [-0.05, 0) is 37.5 Å². The molecule has 0 spiro atoms. The highest BCUT2D eigenvalue weighted by Gasteiger charge is 2.21. The summed E-state index contributed by atoms with van der Waals surface area (Å²) < 4.78 is 10.7. The molecule has 0 aromatic rings. The van der Waals surface area contributed by atoms with Crippen molar-refractivity contribution in [3.8, 4) is 0 Å². The van der Waals surface area contributed by atoms with E-state index in [0.717, 1.165) is 37.6 Å². The van der Waals surface area contributed by atoms with E-state index in [9.17, 15) is 0 Å². The number of hydrogen-bond donors (Lipinski definition) is 0. The smallest absolute Gasteiger partial charge is 0.104 e. The Labute approximate surface area is 157 Å². The van der Waals surface area contributed by atoms with Crippen molar-refractivity contribution in [3.63, 3.8) is 0 Å². The fraction of sp³-hybridized carbons (Fsp3) is 0.913. The summed E-state index contributed by atoms with van der Waals surface area (Å²) in [6.07, 6.45) is 15.0. The monoisotopic (exact) mass is 352 g/mol. The van der Waals surface area contributed by atoms with E-state index in [0.29, 0.717) is 6.10 Å². The van der Waals surface area contributed by atoms with Gasteiger partial charge >= 0.3 is 0 Å². The zero-order chi connectivity index (χ0) is 18.5. The van der Waals surface area contributed by atoms with Gasteiger partial charge < -0.3 is 9.47 Å². The lowest BCUT2D eigenvalue weighted by molar-refractivity contribution is 0.140. The van der Waals surface area contributed by atoms with Gasteiger partial charge in [-0.2, -0.15) is 0 Å². The Morgan fingerprint density at radius 1 is 0.960 bits per heavy atom. The van der Waals surface area contributed by atoms with Gasteiger partial charge in [-0.1, -0.05) is 84.3 Å². The van der Waals surface area contributed by atoms with Crippen LogP contribution < -0.4 is 0 Å². The first-order chi connectivity index (χ1) is 12.0. The molecule has 0 amide bonds. The third-order valence-electron chi connectivity index (χ3n) is 5.40. The van der Waals surface area contributed by atoms with E-state index in [4.69, 9.17) is 9.47 Å². The lowest BCUT2D eigenvalue weighted by Gasteiger charge is -2.15. The van der Waals surface area contributed by atoms with Gasteiger partial charge in [-0.25, -0.2) is 0 Å². The molecule has 1 aliphatic heterocycles. The van der Waals surface area contributed by atoms with Crippen molar-refractivity contribution in [2.45, 2.75) is 98.5 Å². The van der Waals surface area contributed by atoms with E-state index in [1.165, 1.54) is 63.4 Å². The second-order valence-electron chi connectivity index (χ2n) is 8.90. The van der Waals surface area contributed by atoms with E-state index in [2.05, 4.69) is 40.7 Å². The van der Waals surface area contributed by atoms with Gasteiger partial charge in [-0.15, -0.1) is 0 Å². The van der Waals surface area contributed by atoms with Crippen LogP contribution in [0.25, 0.3) is 0 Å². The quantitative estimate of drug-likeness (QED) is 0.173. The molecule has 3 unspecified atom stereocenters.